The molecule has 1 aliphatic heterocycles. The Morgan fingerprint density at radius 1 is 1.06 bits per heavy atom. The lowest BCUT2D eigenvalue weighted by Crippen LogP contribution is -2.35. The first-order valence-corrected chi connectivity index (χ1v) is 12.1. The number of furan rings is 1. The standard InChI is InChI=1S/C22H21N5O2S2/c28-21(26-11-5-2-6-12-26)17-14-30-19(23-17)15-31-22-25-24-20(18-10-7-13-29-18)27(22)16-8-3-1-4-9-16/h1,3-4,7-10,13-14H,2,5-6,11-12,15H2. The zero-order valence-electron chi connectivity index (χ0n) is 16.8. The average Bonchev–Trinajstić information content (AvgIpc) is 3.59. The normalized spacial score (nSPS) is 14.1. The molecule has 1 aliphatic rings. The van der Waals surface area contributed by atoms with Crippen molar-refractivity contribution in [1.82, 2.24) is 24.6 Å². The largest absolute Gasteiger partial charge is 0.461 e. The molecule has 0 radical (unpaired) electrons. The minimum absolute atomic E-state index is 0.0414. The zero-order chi connectivity index (χ0) is 21.0. The summed E-state index contributed by atoms with van der Waals surface area (Å²) in [6.07, 6.45) is 4.98. The van der Waals surface area contributed by atoms with Gasteiger partial charge in [0.25, 0.3) is 5.91 Å². The van der Waals surface area contributed by atoms with Crippen LogP contribution in [-0.4, -0.2) is 43.6 Å². The van der Waals surface area contributed by atoms with Gasteiger partial charge in [0, 0.05) is 24.2 Å². The number of carbonyl (C=O) groups excluding carboxylic acids is 1. The number of likely N-dealkylation sites (tertiary alicyclic amines) is 1. The van der Waals surface area contributed by atoms with Gasteiger partial charge in [-0.1, -0.05) is 30.0 Å². The number of thioether (sulfide) groups is 1. The summed E-state index contributed by atoms with van der Waals surface area (Å²) < 4.78 is 7.54. The van der Waals surface area contributed by atoms with E-state index in [0.717, 1.165) is 41.8 Å². The Morgan fingerprint density at radius 2 is 1.90 bits per heavy atom. The summed E-state index contributed by atoms with van der Waals surface area (Å²) in [5.41, 5.74) is 1.50. The van der Waals surface area contributed by atoms with Crippen molar-refractivity contribution in [3.05, 3.63) is 64.8 Å². The number of para-hydroxylation sites is 1. The fourth-order valence-electron chi connectivity index (χ4n) is 3.60. The highest BCUT2D eigenvalue weighted by Crippen LogP contribution is 2.30. The molecule has 1 fully saturated rings. The van der Waals surface area contributed by atoms with Crippen molar-refractivity contribution in [3.8, 4) is 17.3 Å². The second kappa shape index (κ2) is 9.07. The molecule has 0 saturated carbocycles. The van der Waals surface area contributed by atoms with Gasteiger partial charge in [-0.05, 0) is 43.5 Å². The monoisotopic (exact) mass is 451 g/mol. The fraction of sp³-hybridized carbons (Fsp3) is 0.273. The molecule has 0 N–H and O–H groups in total. The summed E-state index contributed by atoms with van der Waals surface area (Å²) in [5, 5.41) is 12.3. The average molecular weight is 452 g/mol. The van der Waals surface area contributed by atoms with Crippen LogP contribution in [0.4, 0.5) is 0 Å². The molecule has 4 aromatic rings. The van der Waals surface area contributed by atoms with Crippen LogP contribution in [0.25, 0.3) is 17.3 Å². The van der Waals surface area contributed by atoms with Crippen molar-refractivity contribution < 1.29 is 9.21 Å². The summed E-state index contributed by atoms with van der Waals surface area (Å²) >= 11 is 3.06. The van der Waals surface area contributed by atoms with Crippen LogP contribution in [0.5, 0.6) is 0 Å². The number of thiazole rings is 1. The van der Waals surface area contributed by atoms with Gasteiger partial charge in [-0.25, -0.2) is 4.98 Å². The molecule has 5 rings (SSSR count). The maximum Gasteiger partial charge on any atom is 0.273 e. The second-order valence-corrected chi connectivity index (χ2v) is 9.11. The Kier molecular flexibility index (Phi) is 5.86. The lowest BCUT2D eigenvalue weighted by Gasteiger charge is -2.25. The van der Waals surface area contributed by atoms with Gasteiger partial charge in [-0.2, -0.15) is 0 Å². The van der Waals surface area contributed by atoms with Gasteiger partial charge in [0.05, 0.1) is 12.0 Å². The van der Waals surface area contributed by atoms with Gasteiger partial charge in [0.2, 0.25) is 5.82 Å². The quantitative estimate of drug-likeness (QED) is 0.388. The molecule has 4 heterocycles. The Bertz CT molecular complexity index is 1150. The van der Waals surface area contributed by atoms with Crippen LogP contribution in [0.15, 0.2) is 63.7 Å². The first-order chi connectivity index (χ1) is 15.3. The third-order valence-corrected chi connectivity index (χ3v) is 7.10. The minimum Gasteiger partial charge on any atom is -0.461 e. The summed E-state index contributed by atoms with van der Waals surface area (Å²) in [5.74, 6) is 1.96. The van der Waals surface area contributed by atoms with E-state index in [9.17, 15) is 4.79 Å². The molecule has 1 saturated heterocycles. The van der Waals surface area contributed by atoms with Gasteiger partial charge in [0.1, 0.15) is 10.7 Å². The van der Waals surface area contributed by atoms with Crippen molar-refractivity contribution in [2.45, 2.75) is 30.2 Å². The molecular weight excluding hydrogens is 430 g/mol. The van der Waals surface area contributed by atoms with E-state index < -0.39 is 0 Å². The number of aromatic nitrogens is 4. The third kappa shape index (κ3) is 4.28. The molecule has 9 heteroatoms. The van der Waals surface area contributed by atoms with E-state index in [2.05, 4.69) is 15.2 Å². The fourth-order valence-corrected chi connectivity index (χ4v) is 5.34. The molecule has 1 aromatic carbocycles. The molecule has 0 atom stereocenters. The van der Waals surface area contributed by atoms with E-state index in [1.54, 1.807) is 18.0 Å². The Morgan fingerprint density at radius 3 is 2.68 bits per heavy atom. The van der Waals surface area contributed by atoms with Gasteiger partial charge >= 0.3 is 0 Å². The molecule has 3 aromatic heterocycles. The van der Waals surface area contributed by atoms with E-state index in [4.69, 9.17) is 4.42 Å². The number of hydrogen-bond donors (Lipinski definition) is 0. The van der Waals surface area contributed by atoms with Crippen molar-refractivity contribution >= 4 is 29.0 Å². The van der Waals surface area contributed by atoms with Crippen molar-refractivity contribution in [1.29, 1.82) is 0 Å². The third-order valence-electron chi connectivity index (χ3n) is 5.13. The molecule has 0 bridgehead atoms. The maximum absolute atomic E-state index is 12.7. The second-order valence-electron chi connectivity index (χ2n) is 7.22. The van der Waals surface area contributed by atoms with Crippen LogP contribution in [0, 0.1) is 0 Å². The van der Waals surface area contributed by atoms with Gasteiger partial charge in [0.15, 0.2) is 10.9 Å². The summed E-state index contributed by atoms with van der Waals surface area (Å²) in [4.78, 5) is 19.2. The van der Waals surface area contributed by atoms with E-state index in [1.165, 1.54) is 17.8 Å². The topological polar surface area (TPSA) is 77.0 Å². The number of carbonyl (C=O) groups is 1. The number of hydrogen-bond acceptors (Lipinski definition) is 7. The first kappa shape index (κ1) is 20.0. The highest BCUT2D eigenvalue weighted by Gasteiger charge is 2.22. The summed E-state index contributed by atoms with van der Waals surface area (Å²) in [6, 6.07) is 13.7. The van der Waals surface area contributed by atoms with Crippen LogP contribution in [0.1, 0.15) is 34.8 Å². The SMILES string of the molecule is O=C(c1csc(CSc2nnc(-c3ccco3)n2-c2ccccc2)n1)N1CCCCC1. The van der Waals surface area contributed by atoms with E-state index >= 15 is 0 Å². The van der Waals surface area contributed by atoms with Crippen LogP contribution in [-0.2, 0) is 5.75 Å². The van der Waals surface area contributed by atoms with Crippen LogP contribution < -0.4 is 0 Å². The van der Waals surface area contributed by atoms with Crippen molar-refractivity contribution in [3.63, 3.8) is 0 Å². The number of amides is 1. The smallest absolute Gasteiger partial charge is 0.273 e. The Balaban J connectivity index is 1.35. The lowest BCUT2D eigenvalue weighted by atomic mass is 10.1. The molecule has 158 valence electrons. The van der Waals surface area contributed by atoms with Crippen LogP contribution in [0.3, 0.4) is 0 Å². The summed E-state index contributed by atoms with van der Waals surface area (Å²) in [6.45, 7) is 1.66. The van der Waals surface area contributed by atoms with Crippen LogP contribution in [0.2, 0.25) is 0 Å². The number of nitrogens with zero attached hydrogens (tertiary/aromatic N) is 5. The molecule has 0 aliphatic carbocycles. The highest BCUT2D eigenvalue weighted by molar-refractivity contribution is 7.98. The number of piperidine rings is 1. The van der Waals surface area contributed by atoms with Crippen LogP contribution >= 0.6 is 23.1 Å². The molecule has 1 amide bonds. The van der Waals surface area contributed by atoms with E-state index in [1.807, 2.05) is 57.3 Å². The van der Waals surface area contributed by atoms with Gasteiger partial charge in [-0.3, -0.25) is 9.36 Å². The zero-order valence-corrected chi connectivity index (χ0v) is 18.4. The minimum atomic E-state index is 0.0414. The predicted molar refractivity (Wildman–Crippen MR) is 120 cm³/mol. The lowest BCUT2D eigenvalue weighted by molar-refractivity contribution is 0.0719. The van der Waals surface area contributed by atoms with E-state index in [-0.39, 0.29) is 5.91 Å². The maximum atomic E-state index is 12.7. The molecule has 31 heavy (non-hydrogen) atoms. The predicted octanol–water partition coefficient (Wildman–Crippen LogP) is 4.90. The highest BCUT2D eigenvalue weighted by atomic mass is 32.2. The molecule has 0 spiro atoms. The van der Waals surface area contributed by atoms with Gasteiger partial charge < -0.3 is 9.32 Å². The summed E-state index contributed by atoms with van der Waals surface area (Å²) in [7, 11) is 0. The van der Waals surface area contributed by atoms with Crippen molar-refractivity contribution in [2.75, 3.05) is 13.1 Å². The Labute approximate surface area is 188 Å². The van der Waals surface area contributed by atoms with Crippen molar-refractivity contribution in [2.24, 2.45) is 0 Å². The number of rotatable bonds is 6. The molecule has 7 nitrogen and oxygen atoms in total. The van der Waals surface area contributed by atoms with Gasteiger partial charge in [-0.15, -0.1) is 21.5 Å². The first-order valence-electron chi connectivity index (χ1n) is 10.2. The molecule has 0 unspecified atom stereocenters. The Hall–Kier alpha value is -2.91. The molecular formula is C22H21N5O2S2. The number of benzene rings is 1. The van der Waals surface area contributed by atoms with E-state index in [0.29, 0.717) is 23.0 Å².